The number of anilines is 2. The summed E-state index contributed by atoms with van der Waals surface area (Å²) in [5.41, 5.74) is 7.11. The van der Waals surface area contributed by atoms with Crippen LogP contribution in [0.1, 0.15) is 19.8 Å². The van der Waals surface area contributed by atoms with E-state index in [2.05, 4.69) is 17.3 Å². The number of nitrogen functional groups attached to an aromatic ring is 1. The number of benzene rings is 2. The molecule has 1 aromatic heterocycles. The van der Waals surface area contributed by atoms with E-state index in [1.165, 1.54) is 4.68 Å². The monoisotopic (exact) mass is 358 g/mol. The number of nitrogens with two attached hydrogens (primary N) is 1. The zero-order valence-corrected chi connectivity index (χ0v) is 14.6. The second-order valence-electron chi connectivity index (χ2n) is 5.62. The summed E-state index contributed by atoms with van der Waals surface area (Å²) in [7, 11) is 0. The molecule has 7 heteroatoms. The van der Waals surface area contributed by atoms with Crippen molar-refractivity contribution in [2.75, 3.05) is 17.7 Å². The fourth-order valence-electron chi connectivity index (χ4n) is 2.41. The molecule has 1 amide bonds. The van der Waals surface area contributed by atoms with Crippen LogP contribution in [0.15, 0.2) is 42.5 Å². The number of aromatic nitrogens is 2. The number of carbonyl (C=O) groups is 1. The Morgan fingerprint density at radius 3 is 2.76 bits per heavy atom. The first-order valence-electron chi connectivity index (χ1n) is 8.06. The molecule has 3 rings (SSSR count). The van der Waals surface area contributed by atoms with Crippen molar-refractivity contribution in [2.45, 2.75) is 19.8 Å². The van der Waals surface area contributed by atoms with Crippen LogP contribution in [-0.4, -0.2) is 22.4 Å². The van der Waals surface area contributed by atoms with Crippen molar-refractivity contribution < 1.29 is 9.53 Å². The summed E-state index contributed by atoms with van der Waals surface area (Å²) in [6.07, 6.45) is 2.09. The second kappa shape index (κ2) is 7.44. The Kier molecular flexibility index (Phi) is 5.09. The second-order valence-corrected chi connectivity index (χ2v) is 6.05. The summed E-state index contributed by atoms with van der Waals surface area (Å²) in [4.78, 5) is 12.5. The summed E-state index contributed by atoms with van der Waals surface area (Å²) in [5, 5.41) is 8.06. The standard InChI is InChI=1S/C18H19ClN4O2/c1-2-3-10-25-14-7-5-13(6-8-14)21-18(24)23-16-9-4-12(19)11-15(16)17(20)22-23/h4-9,11H,2-3,10H2,1H3,(H2,20,22)(H,21,24). The topological polar surface area (TPSA) is 82.2 Å². The van der Waals surface area contributed by atoms with Gasteiger partial charge >= 0.3 is 6.03 Å². The van der Waals surface area contributed by atoms with E-state index in [-0.39, 0.29) is 5.82 Å². The molecular formula is C18H19ClN4O2. The molecule has 1 heterocycles. The molecule has 3 N–H and O–H groups in total. The minimum atomic E-state index is -0.399. The van der Waals surface area contributed by atoms with E-state index in [0.29, 0.717) is 28.2 Å². The maximum Gasteiger partial charge on any atom is 0.347 e. The van der Waals surface area contributed by atoms with E-state index in [9.17, 15) is 4.79 Å². The van der Waals surface area contributed by atoms with Crippen molar-refractivity contribution >= 4 is 40.0 Å². The van der Waals surface area contributed by atoms with Crippen molar-refractivity contribution in [3.63, 3.8) is 0 Å². The SMILES string of the molecule is CCCCOc1ccc(NC(=O)n2nc(N)c3cc(Cl)ccc32)cc1. The highest BCUT2D eigenvalue weighted by atomic mass is 35.5. The Hall–Kier alpha value is -2.73. The van der Waals surface area contributed by atoms with Crippen molar-refractivity contribution in [1.82, 2.24) is 9.78 Å². The first kappa shape index (κ1) is 17.1. The van der Waals surface area contributed by atoms with Crippen LogP contribution in [0.3, 0.4) is 0 Å². The van der Waals surface area contributed by atoms with Crippen molar-refractivity contribution in [3.8, 4) is 5.75 Å². The van der Waals surface area contributed by atoms with E-state index in [0.717, 1.165) is 18.6 Å². The van der Waals surface area contributed by atoms with Gasteiger partial charge in [0, 0.05) is 16.1 Å². The Balaban J connectivity index is 1.74. The summed E-state index contributed by atoms with van der Waals surface area (Å²) in [6.45, 7) is 2.80. The average molecular weight is 359 g/mol. The van der Waals surface area contributed by atoms with Gasteiger partial charge in [0.05, 0.1) is 12.1 Å². The molecular weight excluding hydrogens is 340 g/mol. The summed E-state index contributed by atoms with van der Waals surface area (Å²) in [6, 6.07) is 11.9. The third kappa shape index (κ3) is 3.85. The Bertz CT molecular complexity index is 890. The van der Waals surface area contributed by atoms with Crippen molar-refractivity contribution in [3.05, 3.63) is 47.5 Å². The van der Waals surface area contributed by atoms with Crippen LogP contribution in [0.25, 0.3) is 10.9 Å². The number of amides is 1. The minimum absolute atomic E-state index is 0.257. The lowest BCUT2D eigenvalue weighted by Crippen LogP contribution is -2.20. The van der Waals surface area contributed by atoms with Crippen LogP contribution in [0.5, 0.6) is 5.75 Å². The van der Waals surface area contributed by atoms with Crippen LogP contribution < -0.4 is 15.8 Å². The van der Waals surface area contributed by atoms with Crippen LogP contribution in [-0.2, 0) is 0 Å². The van der Waals surface area contributed by atoms with Gasteiger partial charge in [-0.05, 0) is 48.9 Å². The number of nitrogens with one attached hydrogen (secondary N) is 1. The number of hydrogen-bond donors (Lipinski definition) is 2. The lowest BCUT2D eigenvalue weighted by molar-refractivity contribution is 0.252. The van der Waals surface area contributed by atoms with E-state index in [1.54, 1.807) is 30.3 Å². The molecule has 130 valence electrons. The van der Waals surface area contributed by atoms with Gasteiger partial charge < -0.3 is 15.8 Å². The zero-order chi connectivity index (χ0) is 17.8. The normalized spacial score (nSPS) is 10.8. The third-order valence-corrected chi connectivity index (χ3v) is 3.97. The maximum absolute atomic E-state index is 12.5. The van der Waals surface area contributed by atoms with E-state index < -0.39 is 6.03 Å². The van der Waals surface area contributed by atoms with Gasteiger partial charge in [0.15, 0.2) is 5.82 Å². The third-order valence-electron chi connectivity index (χ3n) is 3.74. The molecule has 0 aliphatic rings. The predicted octanol–water partition coefficient (Wildman–Crippen LogP) is 4.53. The molecule has 25 heavy (non-hydrogen) atoms. The van der Waals surface area contributed by atoms with Gasteiger partial charge in [-0.15, -0.1) is 5.10 Å². The first-order chi connectivity index (χ1) is 12.1. The number of nitrogens with zero attached hydrogens (tertiary/aromatic N) is 2. The smallest absolute Gasteiger partial charge is 0.347 e. The highest BCUT2D eigenvalue weighted by Gasteiger charge is 2.14. The fraction of sp³-hybridized carbons (Fsp3) is 0.222. The molecule has 2 aromatic carbocycles. The Labute approximate surface area is 150 Å². The van der Waals surface area contributed by atoms with Crippen molar-refractivity contribution in [2.24, 2.45) is 0 Å². The van der Waals surface area contributed by atoms with Gasteiger partial charge in [0.25, 0.3) is 0 Å². The molecule has 0 radical (unpaired) electrons. The van der Waals surface area contributed by atoms with Gasteiger partial charge in [-0.2, -0.15) is 4.68 Å². The van der Waals surface area contributed by atoms with Gasteiger partial charge in [-0.1, -0.05) is 24.9 Å². The molecule has 0 aliphatic carbocycles. The molecule has 0 saturated carbocycles. The number of halogens is 1. The molecule has 0 fully saturated rings. The molecule has 0 aliphatic heterocycles. The molecule has 0 saturated heterocycles. The van der Waals surface area contributed by atoms with Crippen molar-refractivity contribution in [1.29, 1.82) is 0 Å². The largest absolute Gasteiger partial charge is 0.494 e. The number of unbranched alkanes of at least 4 members (excludes halogenated alkanes) is 1. The van der Waals surface area contributed by atoms with Crippen LogP contribution in [0.4, 0.5) is 16.3 Å². The molecule has 0 atom stereocenters. The molecule has 3 aromatic rings. The number of rotatable bonds is 5. The number of fused-ring (bicyclic) bond motifs is 1. The van der Waals surface area contributed by atoms with Gasteiger partial charge in [-0.3, -0.25) is 0 Å². The number of hydrogen-bond acceptors (Lipinski definition) is 4. The summed E-state index contributed by atoms with van der Waals surface area (Å²) < 4.78 is 6.83. The van der Waals surface area contributed by atoms with E-state index >= 15 is 0 Å². The molecule has 0 spiro atoms. The quantitative estimate of drug-likeness (QED) is 0.656. The maximum atomic E-state index is 12.5. The minimum Gasteiger partial charge on any atom is -0.494 e. The molecule has 6 nitrogen and oxygen atoms in total. The lowest BCUT2D eigenvalue weighted by atomic mass is 10.2. The highest BCUT2D eigenvalue weighted by molar-refractivity contribution is 6.31. The molecule has 0 bridgehead atoms. The van der Waals surface area contributed by atoms with Gasteiger partial charge in [0.1, 0.15) is 5.75 Å². The summed E-state index contributed by atoms with van der Waals surface area (Å²) >= 11 is 5.96. The Morgan fingerprint density at radius 2 is 2.04 bits per heavy atom. The van der Waals surface area contributed by atoms with E-state index in [1.807, 2.05) is 12.1 Å². The van der Waals surface area contributed by atoms with Crippen LogP contribution in [0, 0.1) is 0 Å². The first-order valence-corrected chi connectivity index (χ1v) is 8.44. The van der Waals surface area contributed by atoms with Gasteiger partial charge in [-0.25, -0.2) is 4.79 Å². The Morgan fingerprint density at radius 1 is 1.28 bits per heavy atom. The lowest BCUT2D eigenvalue weighted by Gasteiger charge is -2.08. The molecule has 0 unspecified atom stereocenters. The summed E-state index contributed by atoms with van der Waals surface area (Å²) in [5.74, 6) is 1.03. The predicted molar refractivity (Wildman–Crippen MR) is 100 cm³/mol. The van der Waals surface area contributed by atoms with Gasteiger partial charge in [0.2, 0.25) is 0 Å². The highest BCUT2D eigenvalue weighted by Crippen LogP contribution is 2.24. The van der Waals surface area contributed by atoms with E-state index in [4.69, 9.17) is 22.1 Å². The number of carbonyl (C=O) groups excluding carboxylic acids is 1. The van der Waals surface area contributed by atoms with Crippen LogP contribution >= 0.6 is 11.6 Å². The fourth-order valence-corrected chi connectivity index (χ4v) is 2.59. The zero-order valence-electron chi connectivity index (χ0n) is 13.8. The average Bonchev–Trinajstić information content (AvgIpc) is 2.93. The number of ether oxygens (including phenoxy) is 1. The van der Waals surface area contributed by atoms with Crippen LogP contribution in [0.2, 0.25) is 5.02 Å².